The Morgan fingerprint density at radius 1 is 1.32 bits per heavy atom. The maximum atomic E-state index is 12.3. The van der Waals surface area contributed by atoms with Crippen LogP contribution in [0, 0.1) is 5.92 Å². The zero-order valence-electron chi connectivity index (χ0n) is 15.2. The minimum Gasteiger partial charge on any atom is -0.340 e. The first-order valence-electron chi connectivity index (χ1n) is 8.83. The lowest BCUT2D eigenvalue weighted by Gasteiger charge is -2.21. The van der Waals surface area contributed by atoms with E-state index in [1.54, 1.807) is 12.1 Å². The topological polar surface area (TPSA) is 92.5 Å². The number of hydrogen-bond donors (Lipinski definition) is 2. The van der Waals surface area contributed by atoms with Crippen LogP contribution >= 0.6 is 0 Å². The molecule has 1 aromatic rings. The van der Waals surface area contributed by atoms with Gasteiger partial charge in [0, 0.05) is 25.6 Å². The van der Waals surface area contributed by atoms with E-state index < -0.39 is 10.0 Å². The van der Waals surface area contributed by atoms with E-state index >= 15 is 0 Å². The first-order valence-corrected chi connectivity index (χ1v) is 10.3. The molecule has 2 unspecified atom stereocenters. The molecule has 0 radical (unpaired) electrons. The van der Waals surface area contributed by atoms with E-state index in [4.69, 9.17) is 5.73 Å². The number of rotatable bonds is 7. The third kappa shape index (κ3) is 5.03. The van der Waals surface area contributed by atoms with Crippen molar-refractivity contribution in [1.29, 1.82) is 0 Å². The van der Waals surface area contributed by atoms with Crippen LogP contribution in [0.3, 0.4) is 0 Å². The fraction of sp³-hybridized carbons (Fsp3) is 0.611. The second-order valence-electron chi connectivity index (χ2n) is 7.10. The summed E-state index contributed by atoms with van der Waals surface area (Å²) in [6.45, 7) is 7.47. The van der Waals surface area contributed by atoms with Gasteiger partial charge in [-0.3, -0.25) is 4.79 Å². The van der Waals surface area contributed by atoms with Crippen LogP contribution in [0.1, 0.15) is 45.1 Å². The predicted octanol–water partition coefficient (Wildman–Crippen LogP) is 1.67. The van der Waals surface area contributed by atoms with E-state index in [-0.39, 0.29) is 29.8 Å². The van der Waals surface area contributed by atoms with Gasteiger partial charge >= 0.3 is 0 Å². The van der Waals surface area contributed by atoms with Gasteiger partial charge in [0.1, 0.15) is 0 Å². The molecule has 1 aromatic carbocycles. The van der Waals surface area contributed by atoms with Crippen LogP contribution in [-0.2, 0) is 14.8 Å². The number of benzene rings is 1. The molecule has 1 heterocycles. The van der Waals surface area contributed by atoms with Gasteiger partial charge in [-0.25, -0.2) is 13.1 Å². The van der Waals surface area contributed by atoms with Crippen LogP contribution in [0.5, 0.6) is 0 Å². The summed E-state index contributed by atoms with van der Waals surface area (Å²) in [4.78, 5) is 14.3. The molecule has 1 fully saturated rings. The highest BCUT2D eigenvalue weighted by Crippen LogP contribution is 2.22. The van der Waals surface area contributed by atoms with Crippen molar-refractivity contribution in [3.05, 3.63) is 29.8 Å². The molecule has 140 valence electrons. The van der Waals surface area contributed by atoms with E-state index in [9.17, 15) is 13.2 Å². The number of nitrogens with zero attached hydrogens (tertiary/aromatic N) is 1. The van der Waals surface area contributed by atoms with Crippen molar-refractivity contribution in [3.63, 3.8) is 0 Å². The molecular formula is C18H29N3O3S. The minimum atomic E-state index is -3.59. The van der Waals surface area contributed by atoms with Crippen LogP contribution in [-0.4, -0.2) is 44.9 Å². The Morgan fingerprint density at radius 2 is 1.96 bits per heavy atom. The molecule has 1 amide bonds. The zero-order valence-corrected chi connectivity index (χ0v) is 16.1. The molecule has 0 aromatic heterocycles. The van der Waals surface area contributed by atoms with Crippen molar-refractivity contribution in [2.45, 2.75) is 50.5 Å². The third-order valence-corrected chi connectivity index (χ3v) is 6.28. The van der Waals surface area contributed by atoms with Crippen LogP contribution in [0.2, 0.25) is 0 Å². The van der Waals surface area contributed by atoms with Gasteiger partial charge in [-0.05, 0) is 49.4 Å². The molecule has 2 rings (SSSR count). The van der Waals surface area contributed by atoms with Crippen molar-refractivity contribution in [3.8, 4) is 0 Å². The maximum Gasteiger partial charge on any atom is 0.240 e. The van der Waals surface area contributed by atoms with Crippen LogP contribution < -0.4 is 10.5 Å². The van der Waals surface area contributed by atoms with Crippen molar-refractivity contribution < 1.29 is 13.2 Å². The number of carbonyl (C=O) groups is 1. The molecule has 1 saturated heterocycles. The van der Waals surface area contributed by atoms with Gasteiger partial charge in [0.15, 0.2) is 0 Å². The Labute approximate surface area is 150 Å². The molecule has 0 saturated carbocycles. The number of sulfonamides is 1. The normalized spacial score (nSPS) is 21.1. The first-order chi connectivity index (χ1) is 11.7. The summed E-state index contributed by atoms with van der Waals surface area (Å²) in [6.07, 6.45) is 1.07. The van der Waals surface area contributed by atoms with E-state index in [2.05, 4.69) is 18.6 Å². The largest absolute Gasteiger partial charge is 0.340 e. The third-order valence-electron chi connectivity index (χ3n) is 4.80. The van der Waals surface area contributed by atoms with E-state index in [0.29, 0.717) is 24.9 Å². The van der Waals surface area contributed by atoms with Crippen LogP contribution in [0.15, 0.2) is 29.2 Å². The van der Waals surface area contributed by atoms with Crippen molar-refractivity contribution in [1.82, 2.24) is 9.62 Å². The molecule has 25 heavy (non-hydrogen) atoms. The Kier molecular flexibility index (Phi) is 6.59. The van der Waals surface area contributed by atoms with Crippen molar-refractivity contribution >= 4 is 15.9 Å². The Balaban J connectivity index is 1.88. The molecule has 0 aliphatic carbocycles. The maximum absolute atomic E-state index is 12.3. The van der Waals surface area contributed by atoms with E-state index in [1.165, 1.54) is 0 Å². The van der Waals surface area contributed by atoms with Gasteiger partial charge in [0.25, 0.3) is 0 Å². The fourth-order valence-corrected chi connectivity index (χ4v) is 4.24. The second kappa shape index (κ2) is 8.29. The fourth-order valence-electron chi connectivity index (χ4n) is 3.21. The minimum absolute atomic E-state index is 0.0266. The monoisotopic (exact) mass is 367 g/mol. The molecule has 7 heteroatoms. The molecule has 3 N–H and O–H groups in total. The number of likely N-dealkylation sites (tertiary alicyclic amines) is 1. The number of carbonyl (C=O) groups excluding carboxylic acids is 1. The summed E-state index contributed by atoms with van der Waals surface area (Å²) in [5.41, 5.74) is 6.77. The smallest absolute Gasteiger partial charge is 0.240 e. The lowest BCUT2D eigenvalue weighted by molar-refractivity contribution is -0.131. The van der Waals surface area contributed by atoms with Gasteiger partial charge in [0.05, 0.1) is 4.90 Å². The van der Waals surface area contributed by atoms with Crippen molar-refractivity contribution in [2.24, 2.45) is 11.7 Å². The summed E-state index contributed by atoms with van der Waals surface area (Å²) >= 11 is 0. The summed E-state index contributed by atoms with van der Waals surface area (Å²) < 4.78 is 27.2. The van der Waals surface area contributed by atoms with Gasteiger partial charge < -0.3 is 10.6 Å². The standard InChI is InChI=1S/C18H29N3O3S/c1-13(2)16-4-6-17(7-5-16)25(23,24)20-9-8-18(22)21-12-15(11-19)10-14(21)3/h4-7,13-15,20H,8-12,19H2,1-3H3. The number of nitrogens with one attached hydrogen (secondary N) is 1. The molecule has 1 aliphatic rings. The van der Waals surface area contributed by atoms with Gasteiger partial charge in [-0.2, -0.15) is 0 Å². The number of hydrogen-bond acceptors (Lipinski definition) is 4. The summed E-state index contributed by atoms with van der Waals surface area (Å²) in [5, 5.41) is 0. The lowest BCUT2D eigenvalue weighted by Crippen LogP contribution is -2.37. The van der Waals surface area contributed by atoms with Gasteiger partial charge in [-0.1, -0.05) is 26.0 Å². The average molecular weight is 368 g/mol. The number of amides is 1. The molecule has 0 bridgehead atoms. The molecule has 2 atom stereocenters. The van der Waals surface area contributed by atoms with Crippen molar-refractivity contribution in [2.75, 3.05) is 19.6 Å². The number of nitrogens with two attached hydrogens (primary N) is 1. The predicted molar refractivity (Wildman–Crippen MR) is 98.7 cm³/mol. The van der Waals surface area contributed by atoms with Gasteiger partial charge in [-0.15, -0.1) is 0 Å². The second-order valence-corrected chi connectivity index (χ2v) is 8.87. The van der Waals surface area contributed by atoms with E-state index in [1.807, 2.05) is 24.0 Å². The Bertz CT molecular complexity index is 686. The molecule has 1 aliphatic heterocycles. The quantitative estimate of drug-likeness (QED) is 0.767. The highest BCUT2D eigenvalue weighted by atomic mass is 32.2. The Hall–Kier alpha value is -1.44. The average Bonchev–Trinajstić information content (AvgIpc) is 2.95. The van der Waals surface area contributed by atoms with Gasteiger partial charge in [0.2, 0.25) is 15.9 Å². The van der Waals surface area contributed by atoms with Crippen LogP contribution in [0.25, 0.3) is 0 Å². The summed E-state index contributed by atoms with van der Waals surface area (Å²) in [7, 11) is -3.59. The molecule has 6 nitrogen and oxygen atoms in total. The zero-order chi connectivity index (χ0) is 18.6. The lowest BCUT2D eigenvalue weighted by atomic mass is 10.0. The highest BCUT2D eigenvalue weighted by Gasteiger charge is 2.31. The van der Waals surface area contributed by atoms with E-state index in [0.717, 1.165) is 12.0 Å². The SMILES string of the molecule is CC(C)c1ccc(S(=O)(=O)NCCC(=O)N2CC(CN)CC2C)cc1. The molecular weight excluding hydrogens is 338 g/mol. The molecule has 0 spiro atoms. The summed E-state index contributed by atoms with van der Waals surface area (Å²) in [5.74, 6) is 0.665. The summed E-state index contributed by atoms with van der Waals surface area (Å²) in [6, 6.07) is 7.02. The first kappa shape index (κ1) is 19.9. The van der Waals surface area contributed by atoms with Crippen LogP contribution in [0.4, 0.5) is 0 Å². The highest BCUT2D eigenvalue weighted by molar-refractivity contribution is 7.89. The Morgan fingerprint density at radius 3 is 2.48 bits per heavy atom.